The number of hydrogen-bond donors (Lipinski definition) is 1. The molecule has 0 aliphatic heterocycles. The minimum Gasteiger partial charge on any atom is -0.482 e. The molecule has 1 amide bonds. The van der Waals surface area contributed by atoms with Crippen LogP contribution in [0, 0.1) is 5.82 Å². The first-order valence-electron chi connectivity index (χ1n) is 6.55. The van der Waals surface area contributed by atoms with Crippen molar-refractivity contribution in [1.82, 2.24) is 0 Å². The lowest BCUT2D eigenvalue weighted by atomic mass is 10.2. The SMILES string of the molecule is COC(=O)COc1cccc(NC(=O)c2cc(F)ccc2Br)c1. The monoisotopic (exact) mass is 381 g/mol. The lowest BCUT2D eigenvalue weighted by Crippen LogP contribution is -2.14. The van der Waals surface area contributed by atoms with Crippen LogP contribution in [0.15, 0.2) is 46.9 Å². The van der Waals surface area contributed by atoms with Crippen LogP contribution in [0.2, 0.25) is 0 Å². The van der Waals surface area contributed by atoms with Gasteiger partial charge in [-0.05, 0) is 46.3 Å². The van der Waals surface area contributed by atoms with Gasteiger partial charge in [0.25, 0.3) is 5.91 Å². The van der Waals surface area contributed by atoms with Crippen molar-refractivity contribution in [2.45, 2.75) is 0 Å². The number of hydrogen-bond acceptors (Lipinski definition) is 4. The number of nitrogens with one attached hydrogen (secondary N) is 1. The Morgan fingerprint density at radius 1 is 1.22 bits per heavy atom. The highest BCUT2D eigenvalue weighted by molar-refractivity contribution is 9.10. The summed E-state index contributed by atoms with van der Waals surface area (Å²) in [6.07, 6.45) is 0. The predicted octanol–water partition coefficient (Wildman–Crippen LogP) is 3.39. The van der Waals surface area contributed by atoms with Crippen LogP contribution in [0.4, 0.5) is 10.1 Å². The Hall–Kier alpha value is -2.41. The average molecular weight is 382 g/mol. The largest absolute Gasteiger partial charge is 0.482 e. The Balaban J connectivity index is 2.09. The number of anilines is 1. The highest BCUT2D eigenvalue weighted by atomic mass is 79.9. The molecule has 0 bridgehead atoms. The first kappa shape index (κ1) is 17.0. The van der Waals surface area contributed by atoms with Gasteiger partial charge in [0.2, 0.25) is 0 Å². The fourth-order valence-corrected chi connectivity index (χ4v) is 2.16. The van der Waals surface area contributed by atoms with Gasteiger partial charge in [0.15, 0.2) is 6.61 Å². The fraction of sp³-hybridized carbons (Fsp3) is 0.125. The van der Waals surface area contributed by atoms with Gasteiger partial charge >= 0.3 is 5.97 Å². The van der Waals surface area contributed by atoms with Crippen molar-refractivity contribution >= 4 is 33.5 Å². The number of carbonyl (C=O) groups excluding carboxylic acids is 2. The molecule has 23 heavy (non-hydrogen) atoms. The highest BCUT2D eigenvalue weighted by Gasteiger charge is 2.12. The smallest absolute Gasteiger partial charge is 0.343 e. The molecule has 0 aliphatic rings. The van der Waals surface area contributed by atoms with Gasteiger partial charge in [-0.2, -0.15) is 0 Å². The lowest BCUT2D eigenvalue weighted by molar-refractivity contribution is -0.142. The third kappa shape index (κ3) is 4.79. The molecule has 2 aromatic carbocycles. The van der Waals surface area contributed by atoms with Crippen molar-refractivity contribution in [3.63, 3.8) is 0 Å². The molecule has 5 nitrogen and oxygen atoms in total. The minimum absolute atomic E-state index is 0.172. The summed E-state index contributed by atoms with van der Waals surface area (Å²) in [6, 6.07) is 10.3. The zero-order chi connectivity index (χ0) is 16.8. The van der Waals surface area contributed by atoms with Gasteiger partial charge in [-0.3, -0.25) is 4.79 Å². The molecule has 0 spiro atoms. The molecule has 0 aromatic heterocycles. The molecular formula is C16H13BrFNO4. The maximum absolute atomic E-state index is 13.3. The van der Waals surface area contributed by atoms with Gasteiger partial charge in [0.05, 0.1) is 12.7 Å². The Morgan fingerprint density at radius 3 is 2.74 bits per heavy atom. The van der Waals surface area contributed by atoms with Crippen LogP contribution >= 0.6 is 15.9 Å². The van der Waals surface area contributed by atoms with Crippen LogP contribution in [-0.2, 0) is 9.53 Å². The quantitative estimate of drug-likeness (QED) is 0.806. The first-order valence-corrected chi connectivity index (χ1v) is 7.35. The van der Waals surface area contributed by atoms with E-state index in [1.54, 1.807) is 24.3 Å². The van der Waals surface area contributed by atoms with E-state index in [9.17, 15) is 14.0 Å². The molecule has 2 aromatic rings. The Labute approximate surface area is 140 Å². The summed E-state index contributed by atoms with van der Waals surface area (Å²) < 4.78 is 23.4. The standard InChI is InChI=1S/C16H13BrFNO4/c1-22-15(20)9-23-12-4-2-3-11(8-12)19-16(21)13-7-10(18)5-6-14(13)17/h2-8H,9H2,1H3,(H,19,21). The Morgan fingerprint density at radius 2 is 2.00 bits per heavy atom. The van der Waals surface area contributed by atoms with E-state index in [-0.39, 0.29) is 12.2 Å². The fourth-order valence-electron chi connectivity index (χ4n) is 1.73. The van der Waals surface area contributed by atoms with Crippen LogP contribution in [-0.4, -0.2) is 25.6 Å². The number of ether oxygens (including phenoxy) is 2. The molecular weight excluding hydrogens is 369 g/mol. The molecule has 0 atom stereocenters. The number of benzene rings is 2. The summed E-state index contributed by atoms with van der Waals surface area (Å²) in [5.74, 6) is -1.09. The summed E-state index contributed by atoms with van der Waals surface area (Å²) in [4.78, 5) is 23.2. The summed E-state index contributed by atoms with van der Waals surface area (Å²) in [5, 5.41) is 2.64. The van der Waals surface area contributed by atoms with Crippen molar-refractivity contribution in [3.8, 4) is 5.75 Å². The van der Waals surface area contributed by atoms with Crippen molar-refractivity contribution in [2.24, 2.45) is 0 Å². The number of carbonyl (C=O) groups is 2. The van der Waals surface area contributed by atoms with E-state index in [4.69, 9.17) is 4.74 Å². The summed E-state index contributed by atoms with van der Waals surface area (Å²) in [6.45, 7) is -0.233. The topological polar surface area (TPSA) is 64.6 Å². The molecule has 7 heteroatoms. The highest BCUT2D eigenvalue weighted by Crippen LogP contribution is 2.21. The number of esters is 1. The number of amides is 1. The number of methoxy groups -OCH3 is 1. The molecule has 1 N–H and O–H groups in total. The average Bonchev–Trinajstić information content (AvgIpc) is 2.55. The minimum atomic E-state index is -0.511. The van der Waals surface area contributed by atoms with Crippen LogP contribution in [0.25, 0.3) is 0 Å². The first-order chi connectivity index (χ1) is 11.0. The summed E-state index contributed by atoms with van der Waals surface area (Å²) in [5.41, 5.74) is 0.624. The van der Waals surface area contributed by atoms with Crippen molar-refractivity contribution in [2.75, 3.05) is 19.0 Å². The molecule has 0 fully saturated rings. The van der Waals surface area contributed by atoms with E-state index >= 15 is 0 Å². The van der Waals surface area contributed by atoms with Crippen LogP contribution in [0.1, 0.15) is 10.4 Å². The molecule has 0 unspecified atom stereocenters. The zero-order valence-corrected chi connectivity index (χ0v) is 13.7. The second-order valence-corrected chi connectivity index (χ2v) is 5.33. The molecule has 2 rings (SSSR count). The molecule has 0 radical (unpaired) electrons. The van der Waals surface area contributed by atoms with Crippen LogP contribution in [0.5, 0.6) is 5.75 Å². The number of rotatable bonds is 5. The summed E-state index contributed by atoms with van der Waals surface area (Å²) in [7, 11) is 1.26. The van der Waals surface area contributed by atoms with Gasteiger partial charge in [-0.25, -0.2) is 9.18 Å². The van der Waals surface area contributed by atoms with Crippen molar-refractivity contribution in [3.05, 3.63) is 58.3 Å². The molecule has 0 saturated carbocycles. The predicted molar refractivity (Wildman–Crippen MR) is 86.0 cm³/mol. The van der Waals surface area contributed by atoms with Gasteiger partial charge in [-0.15, -0.1) is 0 Å². The van der Waals surface area contributed by atoms with E-state index in [0.717, 1.165) is 6.07 Å². The van der Waals surface area contributed by atoms with E-state index in [1.807, 2.05) is 0 Å². The van der Waals surface area contributed by atoms with Crippen molar-refractivity contribution < 1.29 is 23.5 Å². The van der Waals surface area contributed by atoms with Crippen molar-refractivity contribution in [1.29, 1.82) is 0 Å². The van der Waals surface area contributed by atoms with E-state index in [1.165, 1.54) is 19.2 Å². The Bertz CT molecular complexity index is 736. The molecule has 0 saturated heterocycles. The second-order valence-electron chi connectivity index (χ2n) is 4.47. The second kappa shape index (κ2) is 7.73. The molecule has 0 aliphatic carbocycles. The van der Waals surface area contributed by atoms with Gasteiger partial charge < -0.3 is 14.8 Å². The molecule has 0 heterocycles. The summed E-state index contributed by atoms with van der Waals surface area (Å²) >= 11 is 3.20. The number of halogens is 2. The lowest BCUT2D eigenvalue weighted by Gasteiger charge is -2.09. The van der Waals surface area contributed by atoms with E-state index in [2.05, 4.69) is 26.0 Å². The third-order valence-electron chi connectivity index (χ3n) is 2.85. The molecule has 120 valence electrons. The van der Waals surface area contributed by atoms with Gasteiger partial charge in [0, 0.05) is 16.2 Å². The Kier molecular flexibility index (Phi) is 5.70. The van der Waals surface area contributed by atoms with Crippen LogP contribution in [0.3, 0.4) is 0 Å². The van der Waals surface area contributed by atoms with Gasteiger partial charge in [-0.1, -0.05) is 6.07 Å². The van der Waals surface area contributed by atoms with E-state index in [0.29, 0.717) is 15.9 Å². The maximum atomic E-state index is 13.3. The zero-order valence-electron chi connectivity index (χ0n) is 12.1. The van der Waals surface area contributed by atoms with Gasteiger partial charge in [0.1, 0.15) is 11.6 Å². The maximum Gasteiger partial charge on any atom is 0.343 e. The normalized spacial score (nSPS) is 10.0. The van der Waals surface area contributed by atoms with Crippen LogP contribution < -0.4 is 10.1 Å². The third-order valence-corrected chi connectivity index (χ3v) is 3.54. The van der Waals surface area contributed by atoms with E-state index < -0.39 is 17.7 Å².